The number of fused-ring (bicyclic) bond motifs is 2. The standard InChI is InChI=1S/C20H26N6O2/c1-4-17(27)26-7-5-6-13-10-25(11-15(13)26)16-9-22-19-18(24-16)14(8-21-19)20(28)23-12(2)3/h4,8-9,12-13,15H,1,5-7,10-11H2,2-3H3,(H,21,22)(H,23,28)/t13-,15+/m1/s1. The molecule has 0 radical (unpaired) electrons. The van der Waals surface area contributed by atoms with E-state index in [1.165, 1.54) is 6.08 Å². The lowest BCUT2D eigenvalue weighted by Crippen LogP contribution is -2.47. The van der Waals surface area contributed by atoms with E-state index in [0.717, 1.165) is 38.3 Å². The van der Waals surface area contributed by atoms with Crippen molar-refractivity contribution >= 4 is 28.8 Å². The zero-order valence-corrected chi connectivity index (χ0v) is 16.3. The van der Waals surface area contributed by atoms with Crippen molar-refractivity contribution < 1.29 is 9.59 Å². The molecular weight excluding hydrogens is 356 g/mol. The molecule has 2 aromatic rings. The highest BCUT2D eigenvalue weighted by Crippen LogP contribution is 2.33. The minimum Gasteiger partial charge on any atom is -0.353 e. The molecule has 0 aromatic carbocycles. The molecular formula is C20H26N6O2. The number of hydrogen-bond acceptors (Lipinski definition) is 5. The minimum absolute atomic E-state index is 0.00337. The van der Waals surface area contributed by atoms with Crippen LogP contribution in [0.5, 0.6) is 0 Å². The number of amides is 2. The van der Waals surface area contributed by atoms with Gasteiger partial charge in [-0.15, -0.1) is 0 Å². The molecule has 0 spiro atoms. The van der Waals surface area contributed by atoms with Crippen LogP contribution in [0.3, 0.4) is 0 Å². The summed E-state index contributed by atoms with van der Waals surface area (Å²) in [6.07, 6.45) is 6.90. The SMILES string of the molecule is C=CC(=O)N1CCC[C@@H]2CN(c3cnc4[nH]cc(C(=O)NC(C)C)c4n3)C[C@@H]21. The zero-order chi connectivity index (χ0) is 19.8. The Balaban J connectivity index is 1.60. The molecule has 2 aliphatic rings. The van der Waals surface area contributed by atoms with Crippen molar-refractivity contribution in [2.45, 2.75) is 38.8 Å². The first-order valence-electron chi connectivity index (χ1n) is 9.81. The molecule has 2 fully saturated rings. The summed E-state index contributed by atoms with van der Waals surface area (Å²) in [6, 6.07) is 0.218. The summed E-state index contributed by atoms with van der Waals surface area (Å²) >= 11 is 0. The molecule has 4 rings (SSSR count). The summed E-state index contributed by atoms with van der Waals surface area (Å²) in [5.74, 6) is 0.998. The molecule has 2 atom stereocenters. The van der Waals surface area contributed by atoms with Gasteiger partial charge in [0, 0.05) is 31.9 Å². The predicted molar refractivity (Wildman–Crippen MR) is 107 cm³/mol. The molecule has 0 aliphatic carbocycles. The first-order chi connectivity index (χ1) is 13.5. The number of H-pyrrole nitrogens is 1. The molecule has 2 N–H and O–H groups in total. The molecule has 0 unspecified atom stereocenters. The van der Waals surface area contributed by atoms with Crippen molar-refractivity contribution in [3.05, 3.63) is 30.6 Å². The first-order valence-corrected chi connectivity index (χ1v) is 9.81. The molecule has 8 nitrogen and oxygen atoms in total. The van der Waals surface area contributed by atoms with E-state index < -0.39 is 0 Å². The second kappa shape index (κ2) is 7.26. The molecule has 4 heterocycles. The van der Waals surface area contributed by atoms with Gasteiger partial charge in [-0.1, -0.05) is 6.58 Å². The normalized spacial score (nSPS) is 21.8. The lowest BCUT2D eigenvalue weighted by Gasteiger charge is -2.36. The second-order valence-electron chi connectivity index (χ2n) is 7.87. The van der Waals surface area contributed by atoms with Crippen LogP contribution < -0.4 is 10.2 Å². The number of nitrogens with zero attached hydrogens (tertiary/aromatic N) is 4. The van der Waals surface area contributed by atoms with Gasteiger partial charge < -0.3 is 20.1 Å². The molecule has 2 aliphatic heterocycles. The van der Waals surface area contributed by atoms with Gasteiger partial charge in [-0.3, -0.25) is 9.59 Å². The van der Waals surface area contributed by atoms with Crippen molar-refractivity contribution in [2.75, 3.05) is 24.5 Å². The summed E-state index contributed by atoms with van der Waals surface area (Å²) in [6.45, 7) is 9.82. The maximum Gasteiger partial charge on any atom is 0.255 e. The van der Waals surface area contributed by atoms with Crippen LogP contribution in [0.2, 0.25) is 0 Å². The molecule has 2 saturated heterocycles. The average Bonchev–Trinajstić information content (AvgIpc) is 3.30. The lowest BCUT2D eigenvalue weighted by molar-refractivity contribution is -0.130. The van der Waals surface area contributed by atoms with Gasteiger partial charge in [-0.05, 0) is 38.7 Å². The van der Waals surface area contributed by atoms with E-state index in [2.05, 4.69) is 26.8 Å². The topological polar surface area (TPSA) is 94.2 Å². The number of piperidine rings is 1. The maximum atomic E-state index is 12.5. The van der Waals surface area contributed by atoms with Crippen LogP contribution in [0, 0.1) is 5.92 Å². The van der Waals surface area contributed by atoms with Gasteiger partial charge in [0.25, 0.3) is 5.91 Å². The van der Waals surface area contributed by atoms with E-state index in [1.54, 1.807) is 12.4 Å². The Morgan fingerprint density at radius 3 is 2.96 bits per heavy atom. The second-order valence-corrected chi connectivity index (χ2v) is 7.87. The summed E-state index contributed by atoms with van der Waals surface area (Å²) < 4.78 is 0. The maximum absolute atomic E-state index is 12.5. The van der Waals surface area contributed by atoms with E-state index >= 15 is 0 Å². The zero-order valence-electron chi connectivity index (χ0n) is 16.3. The third kappa shape index (κ3) is 3.23. The Hall–Kier alpha value is -2.90. The molecule has 0 saturated carbocycles. The van der Waals surface area contributed by atoms with Crippen LogP contribution >= 0.6 is 0 Å². The number of aromatic nitrogens is 3. The van der Waals surface area contributed by atoms with Crippen molar-refractivity contribution in [3.63, 3.8) is 0 Å². The predicted octanol–water partition coefficient (Wildman–Crippen LogP) is 1.71. The number of likely N-dealkylation sites (tertiary alicyclic amines) is 1. The van der Waals surface area contributed by atoms with Gasteiger partial charge >= 0.3 is 0 Å². The van der Waals surface area contributed by atoms with Crippen LogP contribution in [0.25, 0.3) is 11.2 Å². The number of carbonyl (C=O) groups excluding carboxylic acids is 2. The van der Waals surface area contributed by atoms with Gasteiger partial charge in [0.05, 0.1) is 17.8 Å². The van der Waals surface area contributed by atoms with Crippen molar-refractivity contribution in [1.29, 1.82) is 0 Å². The van der Waals surface area contributed by atoms with E-state index in [4.69, 9.17) is 4.98 Å². The fraction of sp³-hybridized carbons (Fsp3) is 0.500. The van der Waals surface area contributed by atoms with Crippen LogP contribution in [0.1, 0.15) is 37.0 Å². The van der Waals surface area contributed by atoms with Crippen molar-refractivity contribution in [3.8, 4) is 0 Å². The average molecular weight is 382 g/mol. The minimum atomic E-state index is -0.162. The van der Waals surface area contributed by atoms with E-state index in [-0.39, 0.29) is 23.9 Å². The van der Waals surface area contributed by atoms with E-state index in [0.29, 0.717) is 22.6 Å². The number of hydrogen-bond donors (Lipinski definition) is 2. The Labute approximate surface area is 164 Å². The number of aromatic amines is 1. The van der Waals surface area contributed by atoms with E-state index in [9.17, 15) is 9.59 Å². The molecule has 0 bridgehead atoms. The van der Waals surface area contributed by atoms with Gasteiger partial charge in [0.2, 0.25) is 5.91 Å². The van der Waals surface area contributed by atoms with Crippen LogP contribution in [0.15, 0.2) is 25.0 Å². The fourth-order valence-corrected chi connectivity index (χ4v) is 4.31. The molecule has 28 heavy (non-hydrogen) atoms. The van der Waals surface area contributed by atoms with Crippen molar-refractivity contribution in [2.24, 2.45) is 5.92 Å². The Morgan fingerprint density at radius 2 is 2.21 bits per heavy atom. The number of carbonyl (C=O) groups is 2. The first kappa shape index (κ1) is 18.5. The third-order valence-corrected chi connectivity index (χ3v) is 5.59. The van der Waals surface area contributed by atoms with Crippen LogP contribution in [0.4, 0.5) is 5.82 Å². The Bertz CT molecular complexity index is 921. The third-order valence-electron chi connectivity index (χ3n) is 5.59. The van der Waals surface area contributed by atoms with Crippen LogP contribution in [-0.4, -0.2) is 63.4 Å². The Morgan fingerprint density at radius 1 is 1.39 bits per heavy atom. The van der Waals surface area contributed by atoms with Crippen molar-refractivity contribution in [1.82, 2.24) is 25.2 Å². The molecule has 148 valence electrons. The summed E-state index contributed by atoms with van der Waals surface area (Å²) in [7, 11) is 0. The summed E-state index contributed by atoms with van der Waals surface area (Å²) in [5.41, 5.74) is 1.67. The van der Waals surface area contributed by atoms with Gasteiger partial charge in [0.1, 0.15) is 11.3 Å². The smallest absolute Gasteiger partial charge is 0.255 e. The molecule has 2 aromatic heterocycles. The lowest BCUT2D eigenvalue weighted by atomic mass is 9.92. The Kier molecular flexibility index (Phi) is 4.78. The highest BCUT2D eigenvalue weighted by molar-refractivity contribution is 6.04. The molecule has 2 amide bonds. The number of anilines is 1. The van der Waals surface area contributed by atoms with E-state index in [1.807, 2.05) is 18.7 Å². The quantitative estimate of drug-likeness (QED) is 0.785. The molecule has 8 heteroatoms. The largest absolute Gasteiger partial charge is 0.353 e. The monoisotopic (exact) mass is 382 g/mol. The number of nitrogens with one attached hydrogen (secondary N) is 2. The highest BCUT2D eigenvalue weighted by atomic mass is 16.2. The van der Waals surface area contributed by atoms with Gasteiger partial charge in [0.15, 0.2) is 5.65 Å². The number of rotatable bonds is 4. The fourth-order valence-electron chi connectivity index (χ4n) is 4.31. The summed E-state index contributed by atoms with van der Waals surface area (Å²) in [5, 5.41) is 2.90. The van der Waals surface area contributed by atoms with Gasteiger partial charge in [-0.2, -0.15) is 0 Å². The summed E-state index contributed by atoms with van der Waals surface area (Å²) in [4.78, 5) is 41.0. The van der Waals surface area contributed by atoms with Gasteiger partial charge in [-0.25, -0.2) is 9.97 Å². The highest BCUT2D eigenvalue weighted by Gasteiger charge is 2.41. The van der Waals surface area contributed by atoms with Crippen LogP contribution in [-0.2, 0) is 4.79 Å².